The maximum absolute atomic E-state index is 12.3. The lowest BCUT2D eigenvalue weighted by molar-refractivity contribution is -0.114. The second-order valence-corrected chi connectivity index (χ2v) is 6.00. The van der Waals surface area contributed by atoms with Crippen LogP contribution in [0.15, 0.2) is 60.9 Å². The van der Waals surface area contributed by atoms with E-state index in [1.807, 2.05) is 43.3 Å². The largest absolute Gasteiger partial charge is 0.339 e. The average molecular weight is 361 g/mol. The number of nitrogens with zero attached hydrogens (tertiary/aromatic N) is 2. The Hall–Kier alpha value is -3.74. The second-order valence-electron chi connectivity index (χ2n) is 6.00. The molecule has 0 spiro atoms. The van der Waals surface area contributed by atoms with Gasteiger partial charge in [0.1, 0.15) is 11.5 Å². The monoisotopic (exact) mass is 361 g/mol. The minimum Gasteiger partial charge on any atom is -0.339 e. The number of benzene rings is 2. The van der Waals surface area contributed by atoms with Crippen LogP contribution in [0.3, 0.4) is 0 Å². The van der Waals surface area contributed by atoms with Gasteiger partial charge in [0.25, 0.3) is 5.91 Å². The highest BCUT2D eigenvalue weighted by Gasteiger charge is 2.09. The summed E-state index contributed by atoms with van der Waals surface area (Å²) < 4.78 is 0. The van der Waals surface area contributed by atoms with Crippen molar-refractivity contribution in [2.75, 3.05) is 16.0 Å². The van der Waals surface area contributed by atoms with Crippen LogP contribution in [0.25, 0.3) is 0 Å². The second kappa shape index (κ2) is 8.09. The van der Waals surface area contributed by atoms with Crippen LogP contribution in [0.1, 0.15) is 23.0 Å². The van der Waals surface area contributed by atoms with Gasteiger partial charge in [0.2, 0.25) is 5.91 Å². The van der Waals surface area contributed by atoms with Gasteiger partial charge in [-0.1, -0.05) is 18.2 Å². The number of amides is 2. The van der Waals surface area contributed by atoms with Crippen molar-refractivity contribution in [3.05, 3.63) is 72.2 Å². The molecule has 7 nitrogen and oxygen atoms in total. The molecule has 0 fully saturated rings. The van der Waals surface area contributed by atoms with Gasteiger partial charge in [-0.3, -0.25) is 9.59 Å². The molecular weight excluding hydrogens is 342 g/mol. The predicted octanol–water partition coefficient (Wildman–Crippen LogP) is 3.74. The molecule has 0 saturated carbocycles. The van der Waals surface area contributed by atoms with Gasteiger partial charge in [-0.05, 0) is 42.8 Å². The number of nitrogens with one attached hydrogen (secondary N) is 3. The summed E-state index contributed by atoms with van der Waals surface area (Å²) in [5, 5.41) is 8.59. The van der Waals surface area contributed by atoms with Crippen molar-refractivity contribution in [1.29, 1.82) is 0 Å². The first-order valence-electron chi connectivity index (χ1n) is 8.34. The molecule has 1 heterocycles. The first-order chi connectivity index (χ1) is 13.0. The molecule has 0 aliphatic carbocycles. The van der Waals surface area contributed by atoms with Crippen molar-refractivity contribution in [3.63, 3.8) is 0 Å². The summed E-state index contributed by atoms with van der Waals surface area (Å²) >= 11 is 0. The minimum absolute atomic E-state index is 0.143. The smallest absolute Gasteiger partial charge is 0.275 e. The standard InChI is InChI=1S/C20H19N5O2/c1-13-5-3-6-15(9-13)25-20(27)18-11-22-19(12-21-18)24-17-8-4-7-16(10-17)23-14(2)26/h3-12H,1-2H3,(H,22,24)(H,23,26)(H,25,27). The summed E-state index contributed by atoms with van der Waals surface area (Å²) in [6.07, 6.45) is 2.89. The molecular formula is C20H19N5O2. The van der Waals surface area contributed by atoms with Crippen molar-refractivity contribution in [2.45, 2.75) is 13.8 Å². The van der Waals surface area contributed by atoms with Crippen molar-refractivity contribution in [1.82, 2.24) is 9.97 Å². The van der Waals surface area contributed by atoms with Crippen LogP contribution in [-0.4, -0.2) is 21.8 Å². The van der Waals surface area contributed by atoms with Crippen LogP contribution in [-0.2, 0) is 4.79 Å². The molecule has 0 saturated heterocycles. The fraction of sp³-hybridized carbons (Fsp3) is 0.100. The maximum atomic E-state index is 12.3. The van der Waals surface area contributed by atoms with E-state index >= 15 is 0 Å². The van der Waals surface area contributed by atoms with E-state index < -0.39 is 0 Å². The van der Waals surface area contributed by atoms with Gasteiger partial charge < -0.3 is 16.0 Å². The topological polar surface area (TPSA) is 96.0 Å². The number of carbonyl (C=O) groups is 2. The number of anilines is 4. The van der Waals surface area contributed by atoms with E-state index in [2.05, 4.69) is 25.9 Å². The molecule has 1 aromatic heterocycles. The predicted molar refractivity (Wildman–Crippen MR) is 105 cm³/mol. The summed E-state index contributed by atoms with van der Waals surface area (Å²) in [5.41, 5.74) is 3.40. The number of hydrogen-bond donors (Lipinski definition) is 3. The highest BCUT2D eigenvalue weighted by Crippen LogP contribution is 2.18. The molecule has 0 aliphatic rings. The van der Waals surface area contributed by atoms with Gasteiger partial charge >= 0.3 is 0 Å². The molecule has 2 amide bonds. The molecule has 136 valence electrons. The molecule has 0 unspecified atom stereocenters. The van der Waals surface area contributed by atoms with Crippen molar-refractivity contribution < 1.29 is 9.59 Å². The number of aromatic nitrogens is 2. The lowest BCUT2D eigenvalue weighted by atomic mass is 10.2. The Bertz CT molecular complexity index is 970. The molecule has 2 aromatic carbocycles. The van der Waals surface area contributed by atoms with E-state index in [4.69, 9.17) is 0 Å². The summed E-state index contributed by atoms with van der Waals surface area (Å²) in [6.45, 7) is 3.41. The van der Waals surface area contributed by atoms with Crippen LogP contribution in [0.2, 0.25) is 0 Å². The molecule has 3 N–H and O–H groups in total. The highest BCUT2D eigenvalue weighted by atomic mass is 16.2. The van der Waals surface area contributed by atoms with Gasteiger partial charge in [-0.25, -0.2) is 9.97 Å². The van der Waals surface area contributed by atoms with E-state index in [0.717, 1.165) is 11.3 Å². The number of carbonyl (C=O) groups excluding carboxylic acids is 2. The Morgan fingerprint density at radius 2 is 1.56 bits per heavy atom. The Kier molecular flexibility index (Phi) is 5.41. The molecule has 3 rings (SSSR count). The lowest BCUT2D eigenvalue weighted by Gasteiger charge is -2.09. The molecule has 0 bridgehead atoms. The molecule has 27 heavy (non-hydrogen) atoms. The van der Waals surface area contributed by atoms with Crippen LogP contribution in [0, 0.1) is 6.92 Å². The maximum Gasteiger partial charge on any atom is 0.275 e. The Morgan fingerprint density at radius 3 is 2.22 bits per heavy atom. The minimum atomic E-state index is -0.327. The Morgan fingerprint density at radius 1 is 0.852 bits per heavy atom. The van der Waals surface area contributed by atoms with Crippen molar-refractivity contribution >= 4 is 34.7 Å². The van der Waals surface area contributed by atoms with Crippen molar-refractivity contribution in [2.24, 2.45) is 0 Å². The first kappa shape index (κ1) is 18.1. The van der Waals surface area contributed by atoms with E-state index in [0.29, 0.717) is 17.2 Å². The van der Waals surface area contributed by atoms with Gasteiger partial charge in [0.05, 0.1) is 12.4 Å². The van der Waals surface area contributed by atoms with Crippen LogP contribution >= 0.6 is 0 Å². The van der Waals surface area contributed by atoms with Gasteiger partial charge in [-0.15, -0.1) is 0 Å². The zero-order chi connectivity index (χ0) is 19.2. The lowest BCUT2D eigenvalue weighted by Crippen LogP contribution is -2.14. The van der Waals surface area contributed by atoms with Gasteiger partial charge in [-0.2, -0.15) is 0 Å². The number of rotatable bonds is 5. The normalized spacial score (nSPS) is 10.1. The number of aryl methyl sites for hydroxylation is 1. The van der Waals surface area contributed by atoms with E-state index in [1.165, 1.54) is 19.3 Å². The van der Waals surface area contributed by atoms with Gasteiger partial charge in [0, 0.05) is 24.0 Å². The van der Waals surface area contributed by atoms with Crippen LogP contribution < -0.4 is 16.0 Å². The van der Waals surface area contributed by atoms with Crippen molar-refractivity contribution in [3.8, 4) is 0 Å². The first-order valence-corrected chi connectivity index (χ1v) is 8.34. The Labute approximate surface area is 156 Å². The van der Waals surface area contributed by atoms with Crippen LogP contribution in [0.5, 0.6) is 0 Å². The molecule has 3 aromatic rings. The quantitative estimate of drug-likeness (QED) is 0.643. The third-order valence-electron chi connectivity index (χ3n) is 3.62. The Balaban J connectivity index is 1.66. The SMILES string of the molecule is CC(=O)Nc1cccc(Nc2cnc(C(=O)Nc3cccc(C)c3)cn2)c1. The zero-order valence-electron chi connectivity index (χ0n) is 15.0. The fourth-order valence-electron chi connectivity index (χ4n) is 2.45. The van der Waals surface area contributed by atoms with E-state index in [1.54, 1.807) is 12.1 Å². The van der Waals surface area contributed by atoms with E-state index in [-0.39, 0.29) is 17.5 Å². The van der Waals surface area contributed by atoms with E-state index in [9.17, 15) is 9.59 Å². The summed E-state index contributed by atoms with van der Waals surface area (Å²) in [6, 6.07) is 14.7. The third-order valence-corrected chi connectivity index (χ3v) is 3.62. The van der Waals surface area contributed by atoms with Gasteiger partial charge in [0.15, 0.2) is 0 Å². The third kappa shape index (κ3) is 5.12. The summed E-state index contributed by atoms with van der Waals surface area (Å²) in [4.78, 5) is 31.8. The molecule has 7 heteroatoms. The highest BCUT2D eigenvalue weighted by molar-refractivity contribution is 6.02. The molecule has 0 radical (unpaired) electrons. The summed E-state index contributed by atoms with van der Waals surface area (Å²) in [7, 11) is 0. The molecule has 0 atom stereocenters. The van der Waals surface area contributed by atoms with Crippen LogP contribution in [0.4, 0.5) is 22.9 Å². The number of hydrogen-bond acceptors (Lipinski definition) is 5. The average Bonchev–Trinajstić information content (AvgIpc) is 2.62. The fourth-order valence-corrected chi connectivity index (χ4v) is 2.45. The zero-order valence-corrected chi connectivity index (χ0v) is 15.0. The summed E-state index contributed by atoms with van der Waals surface area (Å²) in [5.74, 6) is 0.0188. The molecule has 0 aliphatic heterocycles.